The predicted octanol–water partition coefficient (Wildman–Crippen LogP) is 2.79. The fourth-order valence-electron chi connectivity index (χ4n) is 4.23. The number of carbonyl (C=O) groups excluding carboxylic acids is 2. The molecule has 2 amide bonds. The van der Waals surface area contributed by atoms with Crippen LogP contribution in [0, 0.1) is 0 Å². The molecule has 0 aliphatic carbocycles. The van der Waals surface area contributed by atoms with Gasteiger partial charge in [-0.05, 0) is 19.1 Å². The molecule has 0 bridgehead atoms. The first-order valence-corrected chi connectivity index (χ1v) is 12.9. The molecule has 1 saturated heterocycles. The van der Waals surface area contributed by atoms with Gasteiger partial charge in [-0.1, -0.05) is 6.07 Å². The molecule has 2 aliphatic rings. The molecule has 1 fully saturated rings. The second-order valence-electron chi connectivity index (χ2n) is 9.14. The van der Waals surface area contributed by atoms with Crippen molar-refractivity contribution in [1.82, 2.24) is 35.4 Å². The molecule has 0 radical (unpaired) electrons. The van der Waals surface area contributed by atoms with E-state index in [-0.39, 0.29) is 30.7 Å². The molecule has 1 unspecified atom stereocenters. The van der Waals surface area contributed by atoms with Gasteiger partial charge in [-0.25, -0.2) is 13.3 Å². The van der Waals surface area contributed by atoms with Crippen molar-refractivity contribution in [3.05, 3.63) is 66.0 Å². The molecule has 0 aromatic carbocycles. The highest BCUT2D eigenvalue weighted by molar-refractivity contribution is 7.21. The summed E-state index contributed by atoms with van der Waals surface area (Å²) in [6.07, 6.45) is 9.79. The summed E-state index contributed by atoms with van der Waals surface area (Å²) in [5.41, 5.74) is 2.30. The fraction of sp³-hybridized carbons (Fsp3) is 0.360. The van der Waals surface area contributed by atoms with E-state index in [1.54, 1.807) is 29.2 Å². The molecule has 2 aliphatic heterocycles. The summed E-state index contributed by atoms with van der Waals surface area (Å²) in [6.45, 7) is 3.36. The minimum Gasteiger partial charge on any atom is -0.382 e. The van der Waals surface area contributed by atoms with Crippen molar-refractivity contribution < 1.29 is 18.4 Å². The lowest BCUT2D eigenvalue weighted by Gasteiger charge is -2.31. The van der Waals surface area contributed by atoms with Gasteiger partial charge in [0.15, 0.2) is 0 Å². The summed E-state index contributed by atoms with van der Waals surface area (Å²) < 4.78 is 28.3. The van der Waals surface area contributed by atoms with Crippen LogP contribution in [0.5, 0.6) is 0 Å². The molecule has 12 heteroatoms. The van der Waals surface area contributed by atoms with Gasteiger partial charge < -0.3 is 20.9 Å². The minimum atomic E-state index is -2.59. The second kappa shape index (κ2) is 10.4. The highest BCUT2D eigenvalue weighted by Crippen LogP contribution is 2.30. The number of rotatable bonds is 7. The number of amides is 2. The average molecular weight is 528 g/mol. The summed E-state index contributed by atoms with van der Waals surface area (Å²) in [4.78, 5) is 33.5. The Hall–Kier alpha value is -3.64. The van der Waals surface area contributed by atoms with Crippen LogP contribution in [0.4, 0.5) is 8.78 Å². The number of alkyl halides is 2. The van der Waals surface area contributed by atoms with E-state index in [1.807, 2.05) is 30.2 Å². The Morgan fingerprint density at radius 3 is 2.81 bits per heavy atom. The molecule has 3 aromatic heterocycles. The Morgan fingerprint density at radius 2 is 2.05 bits per heavy atom. The Balaban J connectivity index is 1.21. The smallest absolute Gasteiger partial charge is 0.260 e. The zero-order chi connectivity index (χ0) is 26.0. The molecule has 37 heavy (non-hydrogen) atoms. The third-order valence-electron chi connectivity index (χ3n) is 6.47. The van der Waals surface area contributed by atoms with E-state index in [0.29, 0.717) is 47.8 Å². The number of hydrogen-bond donors (Lipinski definition) is 3. The van der Waals surface area contributed by atoms with E-state index in [1.165, 1.54) is 17.5 Å². The number of likely N-dealkylation sites (tertiary alicyclic amines) is 1. The Labute approximate surface area is 216 Å². The quantitative estimate of drug-likeness (QED) is 0.437. The molecule has 9 nitrogen and oxygen atoms in total. The standard InChI is InChI=1S/C25H27F2N7O2S/c1-16-20(11-18(13-30-16)22(35)29-7-10-33-8-4-25(26,27)5-9-33)32-23(36)19-14-31-34-15-21(37-24(19)34)17-3-2-6-28-12-17/h2-3,6,11-16,30H,4-5,7-10H2,1H3,(H,29,35)(H,32,36). The number of aromatic nitrogens is 3. The molecule has 0 saturated carbocycles. The van der Waals surface area contributed by atoms with Gasteiger partial charge in [-0.2, -0.15) is 5.10 Å². The molecule has 5 rings (SSSR count). The van der Waals surface area contributed by atoms with Gasteiger partial charge in [0.25, 0.3) is 17.7 Å². The molecular formula is C25H27F2N7O2S. The van der Waals surface area contributed by atoms with Crippen LogP contribution in [-0.2, 0) is 4.79 Å². The fourth-order valence-corrected chi connectivity index (χ4v) is 5.28. The molecule has 0 spiro atoms. The first-order valence-electron chi connectivity index (χ1n) is 12.0. The second-order valence-corrected chi connectivity index (χ2v) is 10.2. The number of thiazole rings is 1. The number of hydrogen-bond acceptors (Lipinski definition) is 7. The Kier molecular flexibility index (Phi) is 7.02. The maximum absolute atomic E-state index is 13.3. The third-order valence-corrected chi connectivity index (χ3v) is 7.64. The zero-order valence-electron chi connectivity index (χ0n) is 20.2. The van der Waals surface area contributed by atoms with Gasteiger partial charge in [0.05, 0.1) is 28.3 Å². The number of halogens is 2. The molecule has 3 N–H and O–H groups in total. The highest BCUT2D eigenvalue weighted by atomic mass is 32.1. The number of dihydropyridines is 1. The first kappa shape index (κ1) is 25.0. The van der Waals surface area contributed by atoms with Gasteiger partial charge in [-0.3, -0.25) is 14.6 Å². The normalized spacial score (nSPS) is 19.6. The van der Waals surface area contributed by atoms with Crippen molar-refractivity contribution in [3.63, 3.8) is 0 Å². The van der Waals surface area contributed by atoms with E-state index in [9.17, 15) is 18.4 Å². The predicted molar refractivity (Wildman–Crippen MR) is 136 cm³/mol. The Bertz CT molecular complexity index is 1360. The lowest BCUT2D eigenvalue weighted by atomic mass is 10.1. The van der Waals surface area contributed by atoms with Gasteiger partial charge in [0.2, 0.25) is 0 Å². The molecular weight excluding hydrogens is 500 g/mol. The van der Waals surface area contributed by atoms with Crippen molar-refractivity contribution in [2.75, 3.05) is 26.2 Å². The number of fused-ring (bicyclic) bond motifs is 1. The van der Waals surface area contributed by atoms with E-state index >= 15 is 0 Å². The summed E-state index contributed by atoms with van der Waals surface area (Å²) in [5.74, 6) is -3.21. The number of carbonyl (C=O) groups is 2. The lowest BCUT2D eigenvalue weighted by Crippen LogP contribution is -2.43. The van der Waals surface area contributed by atoms with Crippen molar-refractivity contribution in [1.29, 1.82) is 0 Å². The number of nitrogens with zero attached hydrogens (tertiary/aromatic N) is 4. The van der Waals surface area contributed by atoms with Gasteiger partial charge in [-0.15, -0.1) is 11.3 Å². The minimum absolute atomic E-state index is 0.153. The topological polar surface area (TPSA) is 104 Å². The third kappa shape index (κ3) is 5.70. The number of pyridine rings is 1. The molecule has 1 atom stereocenters. The largest absolute Gasteiger partial charge is 0.382 e. The first-order chi connectivity index (χ1) is 17.8. The maximum Gasteiger partial charge on any atom is 0.260 e. The molecule has 194 valence electrons. The molecule has 3 aromatic rings. The van der Waals surface area contributed by atoms with Crippen molar-refractivity contribution in [2.45, 2.75) is 31.7 Å². The van der Waals surface area contributed by atoms with Crippen LogP contribution >= 0.6 is 11.3 Å². The van der Waals surface area contributed by atoms with E-state index in [4.69, 9.17) is 0 Å². The van der Waals surface area contributed by atoms with Crippen LogP contribution in [0.3, 0.4) is 0 Å². The summed E-state index contributed by atoms with van der Waals surface area (Å²) in [7, 11) is 0. The van der Waals surface area contributed by atoms with Crippen molar-refractivity contribution >= 4 is 28.0 Å². The number of piperidine rings is 1. The van der Waals surface area contributed by atoms with Crippen molar-refractivity contribution in [3.8, 4) is 10.4 Å². The van der Waals surface area contributed by atoms with E-state index in [2.05, 4.69) is 26.0 Å². The van der Waals surface area contributed by atoms with Gasteiger partial charge in [0, 0.05) is 75.1 Å². The van der Waals surface area contributed by atoms with Gasteiger partial charge >= 0.3 is 0 Å². The van der Waals surface area contributed by atoms with Crippen molar-refractivity contribution in [2.24, 2.45) is 0 Å². The number of nitrogens with one attached hydrogen (secondary N) is 3. The van der Waals surface area contributed by atoms with E-state index in [0.717, 1.165) is 10.4 Å². The van der Waals surface area contributed by atoms with Crippen LogP contribution in [0.15, 0.2) is 60.5 Å². The Morgan fingerprint density at radius 1 is 1.24 bits per heavy atom. The van der Waals surface area contributed by atoms with Crippen LogP contribution in [-0.4, -0.2) is 69.5 Å². The highest BCUT2D eigenvalue weighted by Gasteiger charge is 2.33. The summed E-state index contributed by atoms with van der Waals surface area (Å²) >= 11 is 1.44. The molecule has 5 heterocycles. The van der Waals surface area contributed by atoms with Crippen LogP contribution in [0.25, 0.3) is 15.3 Å². The summed E-state index contributed by atoms with van der Waals surface area (Å²) in [6, 6.07) is 3.59. The zero-order valence-corrected chi connectivity index (χ0v) is 21.0. The average Bonchev–Trinajstić information content (AvgIpc) is 3.48. The maximum atomic E-state index is 13.3. The summed E-state index contributed by atoms with van der Waals surface area (Å²) in [5, 5.41) is 13.2. The SMILES string of the molecule is CC1NC=C(C(=O)NCCN2CCC(F)(F)CC2)C=C1NC(=O)c1cnn2cc(-c3cccnc3)sc12. The van der Waals surface area contributed by atoms with E-state index < -0.39 is 5.92 Å². The van der Waals surface area contributed by atoms with Gasteiger partial charge in [0.1, 0.15) is 4.83 Å². The van der Waals surface area contributed by atoms with Crippen LogP contribution < -0.4 is 16.0 Å². The van der Waals surface area contributed by atoms with Crippen LogP contribution in [0.1, 0.15) is 30.1 Å². The monoisotopic (exact) mass is 527 g/mol. The van der Waals surface area contributed by atoms with Crippen LogP contribution in [0.2, 0.25) is 0 Å². The lowest BCUT2D eigenvalue weighted by molar-refractivity contribution is -0.117.